The number of halogens is 1. The van der Waals surface area contributed by atoms with Crippen LogP contribution in [-0.2, 0) is 0 Å². The minimum absolute atomic E-state index is 0.973. The van der Waals surface area contributed by atoms with E-state index in [-0.39, 0.29) is 0 Å². The van der Waals surface area contributed by atoms with Gasteiger partial charge < -0.3 is 0 Å². The number of thiophene rings is 1. The third kappa shape index (κ3) is 2.18. The molecular formula is C13H9BrN2S. The van der Waals surface area contributed by atoms with E-state index in [2.05, 4.69) is 55.8 Å². The zero-order valence-corrected chi connectivity index (χ0v) is 11.3. The standard InChI is InChI=1S/C13H9BrN2S/c14-10-5-3-9(4-6-10)11-8-12(16-15-11)13-2-1-7-17-13/h1-8H,(H,15,16). The van der Waals surface area contributed by atoms with Gasteiger partial charge in [-0.3, -0.25) is 5.10 Å². The molecule has 0 saturated heterocycles. The van der Waals surface area contributed by atoms with Gasteiger partial charge in [-0.15, -0.1) is 11.3 Å². The lowest BCUT2D eigenvalue weighted by Crippen LogP contribution is -1.76. The van der Waals surface area contributed by atoms with Gasteiger partial charge in [-0.05, 0) is 29.6 Å². The normalized spacial score (nSPS) is 10.6. The van der Waals surface area contributed by atoms with E-state index in [1.165, 1.54) is 4.88 Å². The minimum Gasteiger partial charge on any atom is -0.276 e. The first kappa shape index (κ1) is 10.7. The summed E-state index contributed by atoms with van der Waals surface area (Å²) in [5, 5.41) is 9.47. The van der Waals surface area contributed by atoms with Crippen LogP contribution in [-0.4, -0.2) is 10.2 Å². The van der Waals surface area contributed by atoms with Crippen molar-refractivity contribution in [3.05, 3.63) is 52.3 Å². The Bertz CT molecular complexity index is 611. The van der Waals surface area contributed by atoms with E-state index in [1.54, 1.807) is 11.3 Å². The van der Waals surface area contributed by atoms with Gasteiger partial charge in [-0.1, -0.05) is 34.1 Å². The second kappa shape index (κ2) is 4.47. The van der Waals surface area contributed by atoms with E-state index >= 15 is 0 Å². The Morgan fingerprint density at radius 2 is 1.94 bits per heavy atom. The van der Waals surface area contributed by atoms with E-state index in [0.29, 0.717) is 0 Å². The number of hydrogen-bond donors (Lipinski definition) is 1. The summed E-state index contributed by atoms with van der Waals surface area (Å²) in [5.74, 6) is 0. The van der Waals surface area contributed by atoms with Crippen molar-refractivity contribution in [1.29, 1.82) is 0 Å². The second-order valence-electron chi connectivity index (χ2n) is 3.65. The number of hydrogen-bond acceptors (Lipinski definition) is 2. The third-order valence-electron chi connectivity index (χ3n) is 2.50. The molecule has 4 heteroatoms. The van der Waals surface area contributed by atoms with Crippen LogP contribution in [0.15, 0.2) is 52.3 Å². The summed E-state index contributed by atoms with van der Waals surface area (Å²) in [6, 6.07) is 14.4. The lowest BCUT2D eigenvalue weighted by molar-refractivity contribution is 1.10. The van der Waals surface area contributed by atoms with Crippen LogP contribution in [0.3, 0.4) is 0 Å². The molecule has 0 aliphatic heterocycles. The maximum atomic E-state index is 4.34. The molecule has 2 nitrogen and oxygen atoms in total. The SMILES string of the molecule is Brc1ccc(-c2cc(-c3cccs3)[nH]n2)cc1. The second-order valence-corrected chi connectivity index (χ2v) is 5.51. The van der Waals surface area contributed by atoms with Crippen molar-refractivity contribution in [3.63, 3.8) is 0 Å². The quantitative estimate of drug-likeness (QED) is 0.738. The van der Waals surface area contributed by atoms with Gasteiger partial charge in [-0.2, -0.15) is 5.10 Å². The molecule has 0 unspecified atom stereocenters. The van der Waals surface area contributed by atoms with Crippen LogP contribution >= 0.6 is 27.3 Å². The van der Waals surface area contributed by atoms with Crippen molar-refractivity contribution in [2.24, 2.45) is 0 Å². The lowest BCUT2D eigenvalue weighted by atomic mass is 10.1. The molecule has 84 valence electrons. The van der Waals surface area contributed by atoms with Crippen molar-refractivity contribution in [3.8, 4) is 21.8 Å². The van der Waals surface area contributed by atoms with Crippen molar-refractivity contribution < 1.29 is 0 Å². The fourth-order valence-corrected chi connectivity index (χ4v) is 2.61. The predicted molar refractivity (Wildman–Crippen MR) is 75.0 cm³/mol. The molecule has 1 aromatic carbocycles. The highest BCUT2D eigenvalue weighted by Gasteiger charge is 2.06. The first-order valence-electron chi connectivity index (χ1n) is 5.18. The largest absolute Gasteiger partial charge is 0.276 e. The molecular weight excluding hydrogens is 296 g/mol. The van der Waals surface area contributed by atoms with Crippen LogP contribution in [0.4, 0.5) is 0 Å². The van der Waals surface area contributed by atoms with E-state index in [1.807, 2.05) is 18.2 Å². The molecule has 0 atom stereocenters. The van der Waals surface area contributed by atoms with Gasteiger partial charge >= 0.3 is 0 Å². The number of nitrogens with one attached hydrogen (secondary N) is 1. The van der Waals surface area contributed by atoms with Crippen LogP contribution in [0.5, 0.6) is 0 Å². The topological polar surface area (TPSA) is 28.7 Å². The molecule has 3 aromatic rings. The first-order valence-corrected chi connectivity index (χ1v) is 6.85. The number of H-pyrrole nitrogens is 1. The Balaban J connectivity index is 1.98. The average Bonchev–Trinajstić information content (AvgIpc) is 3.00. The summed E-state index contributed by atoms with van der Waals surface area (Å²) in [6.45, 7) is 0. The van der Waals surface area contributed by atoms with E-state index in [0.717, 1.165) is 21.4 Å². The molecule has 2 heterocycles. The third-order valence-corrected chi connectivity index (χ3v) is 3.94. The number of rotatable bonds is 2. The Morgan fingerprint density at radius 1 is 1.12 bits per heavy atom. The van der Waals surface area contributed by atoms with Crippen LogP contribution in [0.25, 0.3) is 21.8 Å². The molecule has 0 spiro atoms. The van der Waals surface area contributed by atoms with Crippen molar-refractivity contribution in [2.75, 3.05) is 0 Å². The maximum absolute atomic E-state index is 4.34. The number of aromatic amines is 1. The summed E-state index contributed by atoms with van der Waals surface area (Å²) in [5.41, 5.74) is 3.16. The summed E-state index contributed by atoms with van der Waals surface area (Å²) in [4.78, 5) is 1.21. The molecule has 0 aliphatic rings. The summed E-state index contributed by atoms with van der Waals surface area (Å²) in [7, 11) is 0. The van der Waals surface area contributed by atoms with Crippen molar-refractivity contribution in [2.45, 2.75) is 0 Å². The molecule has 0 saturated carbocycles. The molecule has 0 bridgehead atoms. The fraction of sp³-hybridized carbons (Fsp3) is 0. The fourth-order valence-electron chi connectivity index (χ4n) is 1.65. The van der Waals surface area contributed by atoms with E-state index in [9.17, 15) is 0 Å². The highest BCUT2D eigenvalue weighted by molar-refractivity contribution is 9.10. The van der Waals surface area contributed by atoms with Crippen LogP contribution in [0, 0.1) is 0 Å². The smallest absolute Gasteiger partial charge is 0.0927 e. The van der Waals surface area contributed by atoms with Gasteiger partial charge in [0.15, 0.2) is 0 Å². The van der Waals surface area contributed by atoms with Gasteiger partial charge in [0, 0.05) is 10.0 Å². The summed E-state index contributed by atoms with van der Waals surface area (Å²) < 4.78 is 1.08. The van der Waals surface area contributed by atoms with Crippen molar-refractivity contribution in [1.82, 2.24) is 10.2 Å². The predicted octanol–water partition coefficient (Wildman–Crippen LogP) is 4.57. The monoisotopic (exact) mass is 304 g/mol. The molecule has 0 amide bonds. The first-order chi connectivity index (χ1) is 8.33. The summed E-state index contributed by atoms with van der Waals surface area (Å²) >= 11 is 5.14. The van der Waals surface area contributed by atoms with Crippen LogP contribution in [0.1, 0.15) is 0 Å². The Labute approximate surface area is 111 Å². The van der Waals surface area contributed by atoms with E-state index in [4.69, 9.17) is 0 Å². The highest BCUT2D eigenvalue weighted by atomic mass is 79.9. The Morgan fingerprint density at radius 3 is 2.65 bits per heavy atom. The minimum atomic E-state index is 0.973. The van der Waals surface area contributed by atoms with Gasteiger partial charge in [0.25, 0.3) is 0 Å². The molecule has 0 fully saturated rings. The molecule has 3 rings (SSSR count). The summed E-state index contributed by atoms with van der Waals surface area (Å²) in [6.07, 6.45) is 0. The lowest BCUT2D eigenvalue weighted by Gasteiger charge is -1.95. The van der Waals surface area contributed by atoms with Gasteiger partial charge in [0.1, 0.15) is 0 Å². The zero-order chi connectivity index (χ0) is 11.7. The molecule has 0 radical (unpaired) electrons. The van der Waals surface area contributed by atoms with E-state index < -0.39 is 0 Å². The zero-order valence-electron chi connectivity index (χ0n) is 8.85. The molecule has 0 aliphatic carbocycles. The average molecular weight is 305 g/mol. The number of nitrogens with zero attached hydrogens (tertiary/aromatic N) is 1. The van der Waals surface area contributed by atoms with Gasteiger partial charge in [-0.25, -0.2) is 0 Å². The Hall–Kier alpha value is -1.39. The van der Waals surface area contributed by atoms with Gasteiger partial charge in [0.2, 0.25) is 0 Å². The molecule has 2 aromatic heterocycles. The van der Waals surface area contributed by atoms with Gasteiger partial charge in [0.05, 0.1) is 16.3 Å². The molecule has 17 heavy (non-hydrogen) atoms. The number of aromatic nitrogens is 2. The Kier molecular flexibility index (Phi) is 2.82. The highest BCUT2D eigenvalue weighted by Crippen LogP contribution is 2.27. The molecule has 1 N–H and O–H groups in total. The van der Waals surface area contributed by atoms with Crippen LogP contribution < -0.4 is 0 Å². The van der Waals surface area contributed by atoms with Crippen LogP contribution in [0.2, 0.25) is 0 Å². The van der Waals surface area contributed by atoms with Crippen molar-refractivity contribution >= 4 is 27.3 Å². The maximum Gasteiger partial charge on any atom is 0.0927 e. The number of benzene rings is 1.